The molecule has 0 radical (unpaired) electrons. The second kappa shape index (κ2) is 7.27. The van der Waals surface area contributed by atoms with Crippen LogP contribution in [0.15, 0.2) is 12.7 Å². The number of nitrogens with zero attached hydrogens (tertiary/aromatic N) is 3. The van der Waals surface area contributed by atoms with E-state index in [-0.39, 0.29) is 0 Å². The molecule has 1 unspecified atom stereocenters. The Labute approximate surface area is 112 Å². The summed E-state index contributed by atoms with van der Waals surface area (Å²) in [6.45, 7) is 12.6. The van der Waals surface area contributed by atoms with Gasteiger partial charge in [0.1, 0.15) is 0 Å². The van der Waals surface area contributed by atoms with E-state index in [0.29, 0.717) is 0 Å². The van der Waals surface area contributed by atoms with E-state index in [0.717, 1.165) is 12.5 Å². The van der Waals surface area contributed by atoms with E-state index >= 15 is 0 Å². The zero-order chi connectivity index (χ0) is 12.8. The molecule has 0 amide bonds. The maximum Gasteiger partial charge on any atom is 0.0224 e. The molecule has 0 N–H and O–H groups in total. The molecule has 2 heterocycles. The Balaban J connectivity index is 1.84. The molecular formula is C15H29N3. The average Bonchev–Trinajstić information content (AvgIpc) is 2.63. The van der Waals surface area contributed by atoms with Gasteiger partial charge >= 0.3 is 0 Å². The Hall–Kier alpha value is -0.380. The van der Waals surface area contributed by atoms with E-state index in [1.807, 2.05) is 0 Å². The Bertz CT molecular complexity index is 246. The highest BCUT2D eigenvalue weighted by Crippen LogP contribution is 2.17. The number of piperazine rings is 1. The van der Waals surface area contributed by atoms with Gasteiger partial charge in [-0.3, -0.25) is 4.90 Å². The van der Waals surface area contributed by atoms with Gasteiger partial charge in [-0.1, -0.05) is 12.5 Å². The van der Waals surface area contributed by atoms with Gasteiger partial charge in [-0.2, -0.15) is 0 Å². The number of hydrogen-bond acceptors (Lipinski definition) is 3. The normalized spacial score (nSPS) is 29.1. The molecule has 0 aromatic carbocycles. The highest BCUT2D eigenvalue weighted by molar-refractivity contribution is 4.83. The third kappa shape index (κ3) is 4.08. The minimum absolute atomic E-state index is 0.797. The minimum Gasteiger partial charge on any atom is -0.304 e. The maximum atomic E-state index is 3.84. The van der Waals surface area contributed by atoms with Crippen LogP contribution in [0.5, 0.6) is 0 Å². The van der Waals surface area contributed by atoms with Crippen molar-refractivity contribution in [2.45, 2.75) is 31.7 Å². The minimum atomic E-state index is 0.797. The fraction of sp³-hybridized carbons (Fsp3) is 0.867. The SMILES string of the molecule is C=CCCN1CCCCC(N2CCN(C)CC2)C1. The monoisotopic (exact) mass is 251 g/mol. The van der Waals surface area contributed by atoms with Crippen LogP contribution in [0.4, 0.5) is 0 Å². The second-order valence-electron chi connectivity index (χ2n) is 5.87. The largest absolute Gasteiger partial charge is 0.304 e. The summed E-state index contributed by atoms with van der Waals surface area (Å²) < 4.78 is 0. The van der Waals surface area contributed by atoms with E-state index in [4.69, 9.17) is 0 Å². The van der Waals surface area contributed by atoms with E-state index in [2.05, 4.69) is 34.4 Å². The molecule has 0 spiro atoms. The summed E-state index contributed by atoms with van der Waals surface area (Å²) in [5.74, 6) is 0. The quantitative estimate of drug-likeness (QED) is 0.704. The summed E-state index contributed by atoms with van der Waals surface area (Å²) in [5, 5.41) is 0. The van der Waals surface area contributed by atoms with Gasteiger partial charge in [-0.15, -0.1) is 6.58 Å². The number of likely N-dealkylation sites (tertiary alicyclic amines) is 1. The Kier molecular flexibility index (Phi) is 5.67. The number of hydrogen-bond donors (Lipinski definition) is 0. The maximum absolute atomic E-state index is 3.84. The lowest BCUT2D eigenvalue weighted by Gasteiger charge is -2.39. The van der Waals surface area contributed by atoms with Gasteiger partial charge in [-0.05, 0) is 32.9 Å². The Morgan fingerprint density at radius 2 is 1.89 bits per heavy atom. The van der Waals surface area contributed by atoms with Gasteiger partial charge in [0.15, 0.2) is 0 Å². The van der Waals surface area contributed by atoms with Gasteiger partial charge < -0.3 is 9.80 Å². The standard InChI is InChI=1S/C15H29N3/c1-3-4-8-17-9-6-5-7-15(14-17)18-12-10-16(2)11-13-18/h3,15H,1,4-14H2,2H3. The van der Waals surface area contributed by atoms with Crippen molar-refractivity contribution in [3.05, 3.63) is 12.7 Å². The molecule has 0 bridgehead atoms. The lowest BCUT2D eigenvalue weighted by molar-refractivity contribution is 0.0893. The van der Waals surface area contributed by atoms with Crippen molar-refractivity contribution >= 4 is 0 Å². The molecule has 2 aliphatic heterocycles. The van der Waals surface area contributed by atoms with Crippen LogP contribution in [0.2, 0.25) is 0 Å². The summed E-state index contributed by atoms with van der Waals surface area (Å²) in [5.41, 5.74) is 0. The third-order valence-electron chi connectivity index (χ3n) is 4.43. The van der Waals surface area contributed by atoms with Crippen molar-refractivity contribution in [3.63, 3.8) is 0 Å². The van der Waals surface area contributed by atoms with E-state index in [1.54, 1.807) is 0 Å². The van der Waals surface area contributed by atoms with Crippen LogP contribution in [-0.4, -0.2) is 73.6 Å². The molecule has 104 valence electrons. The topological polar surface area (TPSA) is 9.72 Å². The molecule has 0 saturated carbocycles. The first-order valence-electron chi connectivity index (χ1n) is 7.55. The van der Waals surface area contributed by atoms with Crippen LogP contribution in [-0.2, 0) is 0 Å². The molecule has 3 nitrogen and oxygen atoms in total. The molecule has 1 atom stereocenters. The van der Waals surface area contributed by atoms with Crippen LogP contribution >= 0.6 is 0 Å². The first-order chi connectivity index (χ1) is 8.79. The Morgan fingerprint density at radius 1 is 1.11 bits per heavy atom. The van der Waals surface area contributed by atoms with Gasteiger partial charge in [0.2, 0.25) is 0 Å². The molecule has 3 heteroatoms. The van der Waals surface area contributed by atoms with Gasteiger partial charge in [0, 0.05) is 45.3 Å². The molecule has 0 aliphatic carbocycles. The van der Waals surface area contributed by atoms with Crippen molar-refractivity contribution in [1.29, 1.82) is 0 Å². The lowest BCUT2D eigenvalue weighted by atomic mass is 10.1. The van der Waals surface area contributed by atoms with Crippen LogP contribution in [0.25, 0.3) is 0 Å². The predicted molar refractivity (Wildman–Crippen MR) is 78.0 cm³/mol. The Morgan fingerprint density at radius 3 is 2.61 bits per heavy atom. The molecule has 2 fully saturated rings. The first-order valence-corrected chi connectivity index (χ1v) is 7.55. The fourth-order valence-corrected chi connectivity index (χ4v) is 3.16. The summed E-state index contributed by atoms with van der Waals surface area (Å²) in [6.07, 6.45) is 7.36. The molecule has 0 aromatic rings. The average molecular weight is 251 g/mol. The van der Waals surface area contributed by atoms with Gasteiger partial charge in [0.05, 0.1) is 0 Å². The van der Waals surface area contributed by atoms with Crippen LogP contribution in [0.1, 0.15) is 25.7 Å². The van der Waals surface area contributed by atoms with Crippen molar-refractivity contribution < 1.29 is 0 Å². The molecular weight excluding hydrogens is 222 g/mol. The lowest BCUT2D eigenvalue weighted by Crippen LogP contribution is -2.51. The van der Waals surface area contributed by atoms with Crippen molar-refractivity contribution in [2.24, 2.45) is 0 Å². The van der Waals surface area contributed by atoms with Crippen molar-refractivity contribution in [2.75, 3.05) is 52.9 Å². The van der Waals surface area contributed by atoms with E-state index in [1.165, 1.54) is 65.1 Å². The second-order valence-corrected chi connectivity index (χ2v) is 5.87. The highest BCUT2D eigenvalue weighted by atomic mass is 15.3. The summed E-state index contributed by atoms with van der Waals surface area (Å²) >= 11 is 0. The first kappa shape index (κ1) is 14.0. The molecule has 2 aliphatic rings. The zero-order valence-corrected chi connectivity index (χ0v) is 12.0. The van der Waals surface area contributed by atoms with Crippen LogP contribution < -0.4 is 0 Å². The van der Waals surface area contributed by atoms with Gasteiger partial charge in [-0.25, -0.2) is 0 Å². The number of likely N-dealkylation sites (N-methyl/N-ethyl adjacent to an activating group) is 1. The summed E-state index contributed by atoms with van der Waals surface area (Å²) in [6, 6.07) is 0.797. The van der Waals surface area contributed by atoms with Crippen LogP contribution in [0, 0.1) is 0 Å². The molecule has 2 saturated heterocycles. The summed E-state index contributed by atoms with van der Waals surface area (Å²) in [7, 11) is 2.24. The smallest absolute Gasteiger partial charge is 0.0224 e. The zero-order valence-electron chi connectivity index (χ0n) is 12.0. The molecule has 2 rings (SSSR count). The summed E-state index contributed by atoms with van der Waals surface area (Å²) in [4.78, 5) is 7.83. The van der Waals surface area contributed by atoms with E-state index in [9.17, 15) is 0 Å². The fourth-order valence-electron chi connectivity index (χ4n) is 3.16. The van der Waals surface area contributed by atoms with Crippen molar-refractivity contribution in [3.8, 4) is 0 Å². The third-order valence-corrected chi connectivity index (χ3v) is 4.43. The predicted octanol–water partition coefficient (Wildman–Crippen LogP) is 1.66. The van der Waals surface area contributed by atoms with E-state index < -0.39 is 0 Å². The highest BCUT2D eigenvalue weighted by Gasteiger charge is 2.25. The molecule has 18 heavy (non-hydrogen) atoms. The van der Waals surface area contributed by atoms with Crippen LogP contribution in [0.3, 0.4) is 0 Å². The molecule has 0 aromatic heterocycles. The number of rotatable bonds is 4. The van der Waals surface area contributed by atoms with Gasteiger partial charge in [0.25, 0.3) is 0 Å². The van der Waals surface area contributed by atoms with Crippen molar-refractivity contribution in [1.82, 2.24) is 14.7 Å².